The molecule has 0 saturated carbocycles. The molecular formula is C18H21BrN6. The quantitative estimate of drug-likeness (QED) is 0.786. The Balaban J connectivity index is 1.75. The van der Waals surface area contributed by atoms with Gasteiger partial charge < -0.3 is 14.7 Å². The number of halogens is 1. The highest BCUT2D eigenvalue weighted by Crippen LogP contribution is 2.28. The van der Waals surface area contributed by atoms with Crippen LogP contribution in [0.1, 0.15) is 12.0 Å². The second-order valence-corrected chi connectivity index (χ2v) is 7.33. The summed E-state index contributed by atoms with van der Waals surface area (Å²) in [5.74, 6) is 1.64. The lowest BCUT2D eigenvalue weighted by Gasteiger charge is -2.26. The van der Waals surface area contributed by atoms with Crippen LogP contribution in [0.2, 0.25) is 0 Å². The molecule has 0 bridgehead atoms. The van der Waals surface area contributed by atoms with Crippen LogP contribution in [0, 0.1) is 11.3 Å². The lowest BCUT2D eigenvalue weighted by atomic mass is 10.2. The van der Waals surface area contributed by atoms with E-state index in [0.717, 1.165) is 41.4 Å². The first-order valence-electron chi connectivity index (χ1n) is 8.17. The highest BCUT2D eigenvalue weighted by Gasteiger charge is 2.27. The van der Waals surface area contributed by atoms with E-state index in [4.69, 9.17) is 0 Å². The van der Waals surface area contributed by atoms with Gasteiger partial charge in [-0.3, -0.25) is 0 Å². The monoisotopic (exact) mass is 400 g/mol. The lowest BCUT2D eigenvalue weighted by molar-refractivity contribution is 0.674. The first-order valence-corrected chi connectivity index (χ1v) is 8.96. The van der Waals surface area contributed by atoms with E-state index in [1.165, 1.54) is 0 Å². The molecule has 3 rings (SSSR count). The van der Waals surface area contributed by atoms with Gasteiger partial charge in [-0.1, -0.05) is 15.9 Å². The normalized spacial score (nSPS) is 16.6. The number of rotatable bonds is 4. The summed E-state index contributed by atoms with van der Waals surface area (Å²) >= 11 is 3.49. The first kappa shape index (κ1) is 17.5. The van der Waals surface area contributed by atoms with Gasteiger partial charge in [-0.2, -0.15) is 10.2 Å². The van der Waals surface area contributed by atoms with Crippen molar-refractivity contribution in [2.75, 3.05) is 48.9 Å². The van der Waals surface area contributed by atoms with Gasteiger partial charge in [-0.05, 0) is 30.7 Å². The highest BCUT2D eigenvalue weighted by molar-refractivity contribution is 9.10. The molecule has 1 aromatic carbocycles. The maximum absolute atomic E-state index is 9.17. The maximum atomic E-state index is 9.17. The summed E-state index contributed by atoms with van der Waals surface area (Å²) < 4.78 is 0.931. The highest BCUT2D eigenvalue weighted by atomic mass is 79.9. The van der Waals surface area contributed by atoms with Crippen molar-refractivity contribution >= 4 is 33.4 Å². The van der Waals surface area contributed by atoms with E-state index in [9.17, 15) is 5.26 Å². The molecule has 130 valence electrons. The molecule has 1 atom stereocenters. The van der Waals surface area contributed by atoms with Crippen molar-refractivity contribution in [2.45, 2.75) is 12.5 Å². The number of nitriles is 1. The number of benzene rings is 1. The van der Waals surface area contributed by atoms with Crippen molar-refractivity contribution in [1.29, 1.82) is 5.26 Å². The molecule has 1 aliphatic heterocycles. The third kappa shape index (κ3) is 3.85. The van der Waals surface area contributed by atoms with E-state index >= 15 is 0 Å². The van der Waals surface area contributed by atoms with Crippen molar-refractivity contribution in [3.05, 3.63) is 40.5 Å². The summed E-state index contributed by atoms with van der Waals surface area (Å²) in [6, 6.07) is 10.3. The fourth-order valence-electron chi connectivity index (χ4n) is 3.04. The zero-order valence-electron chi connectivity index (χ0n) is 14.6. The van der Waals surface area contributed by atoms with Crippen molar-refractivity contribution < 1.29 is 0 Å². The van der Waals surface area contributed by atoms with Gasteiger partial charge in [0.25, 0.3) is 0 Å². The average molecular weight is 401 g/mol. The van der Waals surface area contributed by atoms with Crippen LogP contribution in [0.15, 0.2) is 34.9 Å². The Bertz CT molecular complexity index is 800. The number of nitrogens with zero attached hydrogens (tertiary/aromatic N) is 6. The molecule has 2 aromatic rings. The predicted molar refractivity (Wildman–Crippen MR) is 104 cm³/mol. The molecular weight excluding hydrogens is 380 g/mol. The molecule has 0 N–H and O–H groups in total. The van der Waals surface area contributed by atoms with Gasteiger partial charge >= 0.3 is 0 Å². The van der Waals surface area contributed by atoms with Crippen LogP contribution in [0.3, 0.4) is 0 Å². The molecule has 0 radical (unpaired) electrons. The smallest absolute Gasteiger partial charge is 0.227 e. The van der Waals surface area contributed by atoms with Crippen LogP contribution in [-0.2, 0) is 0 Å². The van der Waals surface area contributed by atoms with E-state index in [1.54, 1.807) is 6.20 Å². The molecule has 1 unspecified atom stereocenters. The minimum absolute atomic E-state index is 0.335. The molecule has 1 saturated heterocycles. The molecule has 0 spiro atoms. The van der Waals surface area contributed by atoms with Gasteiger partial charge in [-0.15, -0.1) is 0 Å². The zero-order valence-corrected chi connectivity index (χ0v) is 16.2. The molecule has 0 amide bonds. The van der Waals surface area contributed by atoms with Gasteiger partial charge in [0.1, 0.15) is 5.82 Å². The SMILES string of the molecule is CN(C)c1ccnc(N(C)C2CCN(c3cc(Br)cc(C#N)c3)C2)n1. The van der Waals surface area contributed by atoms with Crippen LogP contribution in [0.25, 0.3) is 0 Å². The number of hydrogen-bond donors (Lipinski definition) is 0. The second-order valence-electron chi connectivity index (χ2n) is 6.42. The predicted octanol–water partition coefficient (Wildman–Crippen LogP) is 2.89. The number of anilines is 3. The minimum Gasteiger partial charge on any atom is -0.369 e. The molecule has 1 aliphatic rings. The topological polar surface area (TPSA) is 59.3 Å². The van der Waals surface area contributed by atoms with Crippen LogP contribution in [-0.4, -0.2) is 50.2 Å². The van der Waals surface area contributed by atoms with Gasteiger partial charge in [-0.25, -0.2) is 4.98 Å². The summed E-state index contributed by atoms with van der Waals surface area (Å²) in [6.45, 7) is 1.83. The third-order valence-corrected chi connectivity index (χ3v) is 4.95. The Morgan fingerprint density at radius 1 is 1.28 bits per heavy atom. The molecule has 2 heterocycles. The third-order valence-electron chi connectivity index (χ3n) is 4.49. The molecule has 1 aromatic heterocycles. The van der Waals surface area contributed by atoms with Crippen LogP contribution >= 0.6 is 15.9 Å². The number of likely N-dealkylation sites (N-methyl/N-ethyl adjacent to an activating group) is 1. The summed E-state index contributed by atoms with van der Waals surface area (Å²) in [5, 5.41) is 9.17. The van der Waals surface area contributed by atoms with Crippen molar-refractivity contribution in [1.82, 2.24) is 9.97 Å². The van der Waals surface area contributed by atoms with Gasteiger partial charge in [0.2, 0.25) is 5.95 Å². The zero-order chi connectivity index (χ0) is 18.0. The van der Waals surface area contributed by atoms with Crippen molar-refractivity contribution in [3.8, 4) is 6.07 Å². The molecule has 0 aliphatic carbocycles. The van der Waals surface area contributed by atoms with E-state index in [1.807, 2.05) is 44.2 Å². The summed E-state index contributed by atoms with van der Waals surface area (Å²) in [4.78, 5) is 15.5. The Morgan fingerprint density at radius 3 is 2.80 bits per heavy atom. The first-order chi connectivity index (χ1) is 12.0. The van der Waals surface area contributed by atoms with Crippen LogP contribution in [0.4, 0.5) is 17.5 Å². The van der Waals surface area contributed by atoms with E-state index < -0.39 is 0 Å². The van der Waals surface area contributed by atoms with E-state index in [0.29, 0.717) is 11.6 Å². The van der Waals surface area contributed by atoms with Crippen molar-refractivity contribution in [3.63, 3.8) is 0 Å². The fraction of sp³-hybridized carbons (Fsp3) is 0.389. The fourth-order valence-corrected chi connectivity index (χ4v) is 3.52. The lowest BCUT2D eigenvalue weighted by Crippen LogP contribution is -2.35. The van der Waals surface area contributed by atoms with Gasteiger partial charge in [0.05, 0.1) is 17.7 Å². The second kappa shape index (κ2) is 7.28. The van der Waals surface area contributed by atoms with Gasteiger partial charge in [0, 0.05) is 50.6 Å². The molecule has 1 fully saturated rings. The largest absolute Gasteiger partial charge is 0.369 e. The Kier molecular flexibility index (Phi) is 5.09. The standard InChI is InChI=1S/C18H21BrN6/c1-23(2)17-4-6-21-18(22-17)24(3)15-5-7-25(12-15)16-9-13(11-20)8-14(19)10-16/h4,6,8-10,15H,5,7,12H2,1-3H3. The van der Waals surface area contributed by atoms with Crippen LogP contribution in [0.5, 0.6) is 0 Å². The average Bonchev–Trinajstić information content (AvgIpc) is 3.10. The van der Waals surface area contributed by atoms with Crippen LogP contribution < -0.4 is 14.7 Å². The van der Waals surface area contributed by atoms with Gasteiger partial charge in [0.15, 0.2) is 0 Å². The molecule has 25 heavy (non-hydrogen) atoms. The Hall–Kier alpha value is -2.33. The van der Waals surface area contributed by atoms with E-state index in [-0.39, 0.29) is 0 Å². The summed E-state index contributed by atoms with van der Waals surface area (Å²) in [6.07, 6.45) is 2.83. The Morgan fingerprint density at radius 2 is 2.08 bits per heavy atom. The Labute approximate surface area is 156 Å². The number of hydrogen-bond acceptors (Lipinski definition) is 6. The summed E-state index contributed by atoms with van der Waals surface area (Å²) in [7, 11) is 6.00. The minimum atomic E-state index is 0.335. The molecule has 7 heteroatoms. The maximum Gasteiger partial charge on any atom is 0.227 e. The molecule has 6 nitrogen and oxygen atoms in total. The van der Waals surface area contributed by atoms with E-state index in [2.05, 4.69) is 47.8 Å². The van der Waals surface area contributed by atoms with Crippen molar-refractivity contribution in [2.24, 2.45) is 0 Å². The summed E-state index contributed by atoms with van der Waals surface area (Å²) in [5.41, 5.74) is 1.74. The number of aromatic nitrogens is 2.